The van der Waals surface area contributed by atoms with Crippen LogP contribution in [0.2, 0.25) is 0 Å². The van der Waals surface area contributed by atoms with Crippen LogP contribution in [0.1, 0.15) is 41.7 Å². The molecule has 0 atom stereocenters. The molecule has 0 aliphatic carbocycles. The third-order valence-corrected chi connectivity index (χ3v) is 4.25. The van der Waals surface area contributed by atoms with E-state index in [1.807, 2.05) is 18.3 Å². The number of hydrogen-bond donors (Lipinski definition) is 2. The molecule has 1 saturated heterocycles. The van der Waals surface area contributed by atoms with Crippen molar-refractivity contribution in [3.63, 3.8) is 0 Å². The van der Waals surface area contributed by atoms with Gasteiger partial charge in [0.2, 0.25) is 0 Å². The number of primary amides is 1. The van der Waals surface area contributed by atoms with Gasteiger partial charge < -0.3 is 16.0 Å². The van der Waals surface area contributed by atoms with Gasteiger partial charge in [-0.1, -0.05) is 12.8 Å². The highest BCUT2D eigenvalue weighted by molar-refractivity contribution is 5.91. The number of amides is 1. The van der Waals surface area contributed by atoms with Crippen LogP contribution in [-0.4, -0.2) is 29.0 Å². The minimum absolute atomic E-state index is 0.264. The standard InChI is InChI=1S/C18H23N5O/c19-18(24)16-12-15(6-8-20-16)22-13-14-5-7-21-17(11-14)23-9-3-1-2-4-10-23/h5-8,11-12H,1-4,9-10,13H2,(H2,19,24)(H,20,22). The molecule has 0 bridgehead atoms. The van der Waals surface area contributed by atoms with E-state index in [4.69, 9.17) is 5.73 Å². The number of carbonyl (C=O) groups excluding carboxylic acids is 1. The molecule has 6 heteroatoms. The maximum absolute atomic E-state index is 11.2. The second-order valence-corrected chi connectivity index (χ2v) is 6.07. The van der Waals surface area contributed by atoms with Crippen LogP contribution in [0, 0.1) is 0 Å². The molecule has 3 rings (SSSR count). The van der Waals surface area contributed by atoms with E-state index in [1.165, 1.54) is 25.7 Å². The summed E-state index contributed by atoms with van der Waals surface area (Å²) in [5.41, 5.74) is 7.51. The van der Waals surface area contributed by atoms with Crippen molar-refractivity contribution in [3.8, 4) is 0 Å². The average Bonchev–Trinajstić information content (AvgIpc) is 2.90. The lowest BCUT2D eigenvalue weighted by atomic mass is 10.2. The first kappa shape index (κ1) is 16.2. The van der Waals surface area contributed by atoms with Gasteiger partial charge in [-0.25, -0.2) is 4.98 Å². The molecule has 1 amide bonds. The highest BCUT2D eigenvalue weighted by Crippen LogP contribution is 2.19. The largest absolute Gasteiger partial charge is 0.381 e. The van der Waals surface area contributed by atoms with Crippen molar-refractivity contribution in [1.29, 1.82) is 0 Å². The lowest BCUT2D eigenvalue weighted by molar-refractivity contribution is 0.0995. The highest BCUT2D eigenvalue weighted by Gasteiger charge is 2.11. The van der Waals surface area contributed by atoms with E-state index in [9.17, 15) is 4.79 Å². The Morgan fingerprint density at radius 3 is 2.58 bits per heavy atom. The first-order valence-corrected chi connectivity index (χ1v) is 8.42. The third-order valence-electron chi connectivity index (χ3n) is 4.25. The molecule has 1 aliphatic rings. The van der Waals surface area contributed by atoms with E-state index < -0.39 is 5.91 Å². The van der Waals surface area contributed by atoms with E-state index in [0.29, 0.717) is 6.54 Å². The Morgan fingerprint density at radius 1 is 1.08 bits per heavy atom. The van der Waals surface area contributed by atoms with Crippen LogP contribution in [0.15, 0.2) is 36.7 Å². The Hall–Kier alpha value is -2.63. The third kappa shape index (κ3) is 4.22. The summed E-state index contributed by atoms with van der Waals surface area (Å²) in [6.45, 7) is 2.82. The number of carbonyl (C=O) groups is 1. The van der Waals surface area contributed by atoms with E-state index >= 15 is 0 Å². The topological polar surface area (TPSA) is 84.1 Å². The van der Waals surface area contributed by atoms with Crippen molar-refractivity contribution in [1.82, 2.24) is 9.97 Å². The fourth-order valence-electron chi connectivity index (χ4n) is 2.92. The first-order valence-electron chi connectivity index (χ1n) is 8.42. The van der Waals surface area contributed by atoms with Crippen LogP contribution in [0.25, 0.3) is 0 Å². The van der Waals surface area contributed by atoms with Gasteiger partial charge in [0.15, 0.2) is 0 Å². The Balaban J connectivity index is 1.66. The van der Waals surface area contributed by atoms with Crippen molar-refractivity contribution >= 4 is 17.4 Å². The van der Waals surface area contributed by atoms with Crippen molar-refractivity contribution in [2.24, 2.45) is 5.73 Å². The molecule has 2 aromatic heterocycles. The zero-order valence-electron chi connectivity index (χ0n) is 13.7. The first-order chi connectivity index (χ1) is 11.7. The number of pyridine rings is 2. The molecule has 0 unspecified atom stereocenters. The highest BCUT2D eigenvalue weighted by atomic mass is 16.1. The predicted octanol–water partition coefficient (Wildman–Crippen LogP) is 2.57. The average molecular weight is 325 g/mol. The molecule has 0 spiro atoms. The zero-order chi connectivity index (χ0) is 16.8. The molecule has 0 aromatic carbocycles. The molecule has 0 saturated carbocycles. The lowest BCUT2D eigenvalue weighted by Crippen LogP contribution is -2.25. The Bertz CT molecular complexity index is 695. The molecule has 126 valence electrons. The summed E-state index contributed by atoms with van der Waals surface area (Å²) < 4.78 is 0. The predicted molar refractivity (Wildman–Crippen MR) is 95.0 cm³/mol. The summed E-state index contributed by atoms with van der Waals surface area (Å²) in [5, 5.41) is 3.30. The molecule has 1 fully saturated rings. The maximum atomic E-state index is 11.2. The SMILES string of the molecule is NC(=O)c1cc(NCc2ccnc(N3CCCCCC3)c2)ccn1. The summed E-state index contributed by atoms with van der Waals surface area (Å²) in [6.07, 6.45) is 8.52. The van der Waals surface area contributed by atoms with Crippen molar-refractivity contribution in [2.75, 3.05) is 23.3 Å². The number of hydrogen-bond acceptors (Lipinski definition) is 5. The van der Waals surface area contributed by atoms with Gasteiger partial charge in [0.1, 0.15) is 11.5 Å². The van der Waals surface area contributed by atoms with Crippen molar-refractivity contribution in [2.45, 2.75) is 32.2 Å². The van der Waals surface area contributed by atoms with Crippen LogP contribution < -0.4 is 16.0 Å². The summed E-state index contributed by atoms with van der Waals surface area (Å²) >= 11 is 0. The zero-order valence-corrected chi connectivity index (χ0v) is 13.7. The quantitative estimate of drug-likeness (QED) is 0.882. The van der Waals surface area contributed by atoms with Gasteiger partial charge in [-0.2, -0.15) is 0 Å². The van der Waals surface area contributed by atoms with Gasteiger partial charge in [0.05, 0.1) is 0 Å². The van der Waals surface area contributed by atoms with E-state index in [1.54, 1.807) is 12.3 Å². The van der Waals surface area contributed by atoms with Crippen molar-refractivity contribution < 1.29 is 4.79 Å². The number of nitrogens with two attached hydrogens (primary N) is 1. The Labute approximate surface area is 142 Å². The normalized spacial score (nSPS) is 14.9. The van der Waals surface area contributed by atoms with Crippen LogP contribution in [-0.2, 0) is 6.54 Å². The van der Waals surface area contributed by atoms with Crippen LogP contribution in [0.5, 0.6) is 0 Å². The monoisotopic (exact) mass is 325 g/mol. The van der Waals surface area contributed by atoms with Gasteiger partial charge >= 0.3 is 0 Å². The van der Waals surface area contributed by atoms with Gasteiger partial charge in [-0.3, -0.25) is 9.78 Å². The second-order valence-electron chi connectivity index (χ2n) is 6.07. The summed E-state index contributed by atoms with van der Waals surface area (Å²) in [5.74, 6) is 0.523. The molecular formula is C18H23N5O. The smallest absolute Gasteiger partial charge is 0.267 e. The molecule has 3 N–H and O–H groups in total. The van der Waals surface area contributed by atoms with Gasteiger partial charge in [0, 0.05) is 37.7 Å². The number of nitrogens with one attached hydrogen (secondary N) is 1. The number of rotatable bonds is 5. The number of nitrogens with zero attached hydrogens (tertiary/aromatic N) is 3. The maximum Gasteiger partial charge on any atom is 0.267 e. The van der Waals surface area contributed by atoms with Gasteiger partial charge in [-0.15, -0.1) is 0 Å². The van der Waals surface area contributed by atoms with E-state index in [-0.39, 0.29) is 5.69 Å². The summed E-state index contributed by atoms with van der Waals surface area (Å²) in [4.78, 5) is 22.0. The summed E-state index contributed by atoms with van der Waals surface area (Å²) in [7, 11) is 0. The van der Waals surface area contributed by atoms with Gasteiger partial charge in [-0.05, 0) is 42.7 Å². The molecule has 24 heavy (non-hydrogen) atoms. The fraction of sp³-hybridized carbons (Fsp3) is 0.389. The molecule has 0 radical (unpaired) electrons. The molecule has 2 aromatic rings. The Morgan fingerprint density at radius 2 is 1.83 bits per heavy atom. The van der Waals surface area contributed by atoms with E-state index in [2.05, 4.69) is 26.3 Å². The molecule has 6 nitrogen and oxygen atoms in total. The molecule has 3 heterocycles. The molecule has 1 aliphatic heterocycles. The fourth-order valence-corrected chi connectivity index (χ4v) is 2.92. The van der Waals surface area contributed by atoms with Gasteiger partial charge in [0.25, 0.3) is 5.91 Å². The number of anilines is 2. The molecular weight excluding hydrogens is 302 g/mol. The second kappa shape index (κ2) is 7.77. The summed E-state index contributed by atoms with van der Waals surface area (Å²) in [6, 6.07) is 7.63. The van der Waals surface area contributed by atoms with Crippen LogP contribution in [0.4, 0.5) is 11.5 Å². The Kier molecular flexibility index (Phi) is 5.25. The minimum atomic E-state index is -0.522. The number of aromatic nitrogens is 2. The van der Waals surface area contributed by atoms with Crippen molar-refractivity contribution in [3.05, 3.63) is 47.9 Å². The van der Waals surface area contributed by atoms with Crippen LogP contribution in [0.3, 0.4) is 0 Å². The van der Waals surface area contributed by atoms with E-state index in [0.717, 1.165) is 30.2 Å². The minimum Gasteiger partial charge on any atom is -0.381 e. The van der Waals surface area contributed by atoms with Crippen LogP contribution >= 0.6 is 0 Å². The lowest BCUT2D eigenvalue weighted by Gasteiger charge is -2.21.